The lowest BCUT2D eigenvalue weighted by Gasteiger charge is -2.37. The minimum atomic E-state index is -1.28. The van der Waals surface area contributed by atoms with Crippen molar-refractivity contribution in [1.29, 1.82) is 0 Å². The van der Waals surface area contributed by atoms with Crippen molar-refractivity contribution in [2.24, 2.45) is 0 Å². The molecule has 0 saturated carbocycles. The Morgan fingerprint density at radius 3 is 2.24 bits per heavy atom. The van der Waals surface area contributed by atoms with Crippen LogP contribution in [0.25, 0.3) is 10.9 Å². The summed E-state index contributed by atoms with van der Waals surface area (Å²) in [7, 11) is -1.28. The molecule has 1 atom stereocenters. The summed E-state index contributed by atoms with van der Waals surface area (Å²) in [5.74, 6) is 0. The fraction of sp³-hybridized carbons (Fsp3) is 0.222. The first-order chi connectivity index (χ1) is 15.7. The molecule has 0 amide bonds. The number of hydrogen-bond acceptors (Lipinski definition) is 4. The molecule has 5 rings (SSSR count). The van der Waals surface area contributed by atoms with Gasteiger partial charge in [0.15, 0.2) is 0 Å². The van der Waals surface area contributed by atoms with Crippen LogP contribution >= 0.6 is 0 Å². The van der Waals surface area contributed by atoms with Crippen molar-refractivity contribution in [2.75, 3.05) is 31.1 Å². The normalized spacial score (nSPS) is 15.2. The van der Waals surface area contributed by atoms with E-state index in [2.05, 4.69) is 51.2 Å². The molecule has 0 spiro atoms. The van der Waals surface area contributed by atoms with Crippen LogP contribution in [-0.4, -0.2) is 45.7 Å². The van der Waals surface area contributed by atoms with Crippen molar-refractivity contribution in [3.05, 3.63) is 96.2 Å². The second-order valence-corrected chi connectivity index (χ2v) is 9.77. The molecule has 2 heterocycles. The zero-order chi connectivity index (χ0) is 21.9. The standard InChI is InChI=1S/C27H27N3OS.H2O/c1-21-11-13-23(14-12-21)32(31)26-19-28-25-10-6-5-9-24(25)27(26)30-17-15-29(16-18-30)20-22-7-3-2-4-8-22;/h2-14,19H,15-18,20H2,1H3;1H2. The Bertz CT molecular complexity index is 1240. The predicted octanol–water partition coefficient (Wildman–Crippen LogP) is 4.21. The second-order valence-electron chi connectivity index (χ2n) is 8.32. The molecule has 170 valence electrons. The topological polar surface area (TPSA) is 67.9 Å². The summed E-state index contributed by atoms with van der Waals surface area (Å²) in [5, 5.41) is 1.07. The number of aromatic nitrogens is 1. The Kier molecular flexibility index (Phi) is 7.18. The van der Waals surface area contributed by atoms with Gasteiger partial charge in [0.1, 0.15) is 0 Å². The molecule has 0 aliphatic carbocycles. The average molecular weight is 460 g/mol. The highest BCUT2D eigenvalue weighted by molar-refractivity contribution is 7.85. The lowest BCUT2D eigenvalue weighted by Crippen LogP contribution is -2.46. The van der Waals surface area contributed by atoms with Gasteiger partial charge in [-0.1, -0.05) is 66.2 Å². The van der Waals surface area contributed by atoms with Crippen LogP contribution in [0.3, 0.4) is 0 Å². The number of para-hydroxylation sites is 1. The van der Waals surface area contributed by atoms with E-state index in [1.165, 1.54) is 5.56 Å². The number of aryl methyl sites for hydroxylation is 1. The molecule has 3 aromatic carbocycles. The number of piperazine rings is 1. The summed E-state index contributed by atoms with van der Waals surface area (Å²) in [6.45, 7) is 6.76. The number of anilines is 1. The first-order valence-corrected chi connectivity index (χ1v) is 12.2. The molecule has 1 aliphatic heterocycles. The van der Waals surface area contributed by atoms with Gasteiger partial charge in [0.2, 0.25) is 0 Å². The SMILES string of the molecule is Cc1ccc(S(=O)c2cnc3ccccc3c2N2CCN(Cc3ccccc3)CC2)cc1.O. The van der Waals surface area contributed by atoms with Gasteiger partial charge in [-0.3, -0.25) is 9.88 Å². The number of pyridine rings is 1. The van der Waals surface area contributed by atoms with Crippen molar-refractivity contribution in [3.8, 4) is 0 Å². The third kappa shape index (κ3) is 4.98. The van der Waals surface area contributed by atoms with Crippen LogP contribution in [0, 0.1) is 6.92 Å². The summed E-state index contributed by atoms with van der Waals surface area (Å²) in [4.78, 5) is 11.1. The van der Waals surface area contributed by atoms with Gasteiger partial charge in [0.25, 0.3) is 0 Å². The molecule has 2 N–H and O–H groups in total. The quantitative estimate of drug-likeness (QED) is 0.448. The Balaban J connectivity index is 0.00000259. The van der Waals surface area contributed by atoms with Crippen LogP contribution in [0.15, 0.2) is 94.9 Å². The van der Waals surface area contributed by atoms with Gasteiger partial charge < -0.3 is 10.4 Å². The molecule has 1 unspecified atom stereocenters. The minimum absolute atomic E-state index is 0. The van der Waals surface area contributed by atoms with Gasteiger partial charge in [-0.25, -0.2) is 4.21 Å². The molecule has 1 saturated heterocycles. The summed E-state index contributed by atoms with van der Waals surface area (Å²) in [5.41, 5.74) is 4.52. The van der Waals surface area contributed by atoms with E-state index in [9.17, 15) is 4.21 Å². The summed E-state index contributed by atoms with van der Waals surface area (Å²) >= 11 is 0. The lowest BCUT2D eigenvalue weighted by molar-refractivity contribution is 0.249. The van der Waals surface area contributed by atoms with E-state index in [1.54, 1.807) is 0 Å². The largest absolute Gasteiger partial charge is 0.412 e. The molecule has 33 heavy (non-hydrogen) atoms. The number of hydrogen-bond donors (Lipinski definition) is 0. The van der Waals surface area contributed by atoms with Crippen molar-refractivity contribution in [2.45, 2.75) is 23.3 Å². The van der Waals surface area contributed by atoms with Crippen LogP contribution < -0.4 is 4.90 Å². The van der Waals surface area contributed by atoms with Gasteiger partial charge in [0, 0.05) is 49.2 Å². The van der Waals surface area contributed by atoms with Gasteiger partial charge in [-0.2, -0.15) is 0 Å². The van der Waals surface area contributed by atoms with Crippen molar-refractivity contribution in [3.63, 3.8) is 0 Å². The van der Waals surface area contributed by atoms with Crippen LogP contribution in [0.4, 0.5) is 5.69 Å². The summed E-state index contributed by atoms with van der Waals surface area (Å²) < 4.78 is 13.6. The third-order valence-corrected chi connectivity index (χ3v) is 7.48. The van der Waals surface area contributed by atoms with Crippen LogP contribution in [0.2, 0.25) is 0 Å². The summed E-state index contributed by atoms with van der Waals surface area (Å²) in [6, 6.07) is 26.8. The first kappa shape index (κ1) is 23.1. The van der Waals surface area contributed by atoms with E-state index in [4.69, 9.17) is 0 Å². The van der Waals surface area contributed by atoms with E-state index in [0.717, 1.165) is 64.7 Å². The number of benzene rings is 3. The van der Waals surface area contributed by atoms with Gasteiger partial charge in [-0.15, -0.1) is 0 Å². The highest BCUT2D eigenvalue weighted by atomic mass is 32.2. The predicted molar refractivity (Wildman–Crippen MR) is 135 cm³/mol. The van der Waals surface area contributed by atoms with E-state index in [1.807, 2.05) is 55.6 Å². The second kappa shape index (κ2) is 10.3. The molecular formula is C27H29N3O2S. The zero-order valence-corrected chi connectivity index (χ0v) is 19.6. The van der Waals surface area contributed by atoms with Crippen molar-refractivity contribution < 1.29 is 9.69 Å². The molecular weight excluding hydrogens is 430 g/mol. The Labute approximate surface area is 197 Å². The lowest BCUT2D eigenvalue weighted by atomic mass is 10.1. The number of nitrogens with zero attached hydrogens (tertiary/aromatic N) is 3. The fourth-order valence-corrected chi connectivity index (χ4v) is 5.53. The molecule has 4 aromatic rings. The molecule has 6 heteroatoms. The molecule has 0 bridgehead atoms. The minimum Gasteiger partial charge on any atom is -0.412 e. The van der Waals surface area contributed by atoms with Gasteiger partial charge >= 0.3 is 0 Å². The van der Waals surface area contributed by atoms with E-state index >= 15 is 0 Å². The number of rotatable bonds is 5. The molecule has 5 nitrogen and oxygen atoms in total. The molecule has 1 aliphatic rings. The maximum Gasteiger partial charge on any atom is 0.0886 e. The van der Waals surface area contributed by atoms with Gasteiger partial charge in [0.05, 0.1) is 26.9 Å². The Morgan fingerprint density at radius 1 is 0.848 bits per heavy atom. The first-order valence-electron chi connectivity index (χ1n) is 11.1. The maximum atomic E-state index is 13.6. The highest BCUT2D eigenvalue weighted by Crippen LogP contribution is 2.34. The summed E-state index contributed by atoms with van der Waals surface area (Å²) in [6.07, 6.45) is 1.81. The zero-order valence-electron chi connectivity index (χ0n) is 18.8. The smallest absolute Gasteiger partial charge is 0.0886 e. The van der Waals surface area contributed by atoms with Crippen LogP contribution in [0.5, 0.6) is 0 Å². The van der Waals surface area contributed by atoms with E-state index in [-0.39, 0.29) is 5.48 Å². The fourth-order valence-electron chi connectivity index (χ4n) is 4.33. The van der Waals surface area contributed by atoms with Crippen LogP contribution in [-0.2, 0) is 17.3 Å². The molecule has 1 aromatic heterocycles. The molecule has 1 fully saturated rings. The highest BCUT2D eigenvalue weighted by Gasteiger charge is 2.24. The molecule has 0 radical (unpaired) electrons. The van der Waals surface area contributed by atoms with E-state index in [0.29, 0.717) is 0 Å². The van der Waals surface area contributed by atoms with Crippen LogP contribution in [0.1, 0.15) is 11.1 Å². The van der Waals surface area contributed by atoms with Crippen molar-refractivity contribution >= 4 is 27.4 Å². The van der Waals surface area contributed by atoms with E-state index < -0.39 is 10.8 Å². The van der Waals surface area contributed by atoms with Crippen molar-refractivity contribution in [1.82, 2.24) is 9.88 Å². The number of fused-ring (bicyclic) bond motifs is 1. The maximum absolute atomic E-state index is 13.6. The third-order valence-electron chi connectivity index (χ3n) is 6.09. The van der Waals surface area contributed by atoms with Gasteiger partial charge in [-0.05, 0) is 30.7 Å². The Morgan fingerprint density at radius 2 is 1.52 bits per heavy atom. The Hall–Kier alpha value is -3.06. The monoisotopic (exact) mass is 459 g/mol. The average Bonchev–Trinajstić information content (AvgIpc) is 2.84.